The molecule has 1 heterocycles. The Hall–Kier alpha value is -2.27. The lowest BCUT2D eigenvalue weighted by molar-refractivity contribution is -0.111. The van der Waals surface area contributed by atoms with Crippen LogP contribution in [0.1, 0.15) is 45.7 Å². The summed E-state index contributed by atoms with van der Waals surface area (Å²) in [4.78, 5) is 37.3. The van der Waals surface area contributed by atoms with E-state index < -0.39 is 5.41 Å². The van der Waals surface area contributed by atoms with E-state index >= 15 is 0 Å². The molecule has 0 atom stereocenters. The molecule has 2 aromatic rings. The quantitative estimate of drug-likeness (QED) is 0.731. The van der Waals surface area contributed by atoms with Gasteiger partial charge in [0, 0.05) is 22.0 Å². The highest BCUT2D eigenvalue weighted by molar-refractivity contribution is 9.10. The van der Waals surface area contributed by atoms with Crippen LogP contribution >= 0.6 is 15.9 Å². The second kappa shape index (κ2) is 6.56. The number of carbonyl (C=O) groups is 3. The van der Waals surface area contributed by atoms with Crippen LogP contribution < -0.4 is 4.90 Å². The summed E-state index contributed by atoms with van der Waals surface area (Å²) in [6, 6.07) is 10.9. The Labute approximate surface area is 155 Å². The second-order valence-corrected chi connectivity index (χ2v) is 7.56. The number of fused-ring (bicyclic) bond motifs is 1. The molecule has 0 bridgehead atoms. The lowest BCUT2D eigenvalue weighted by atomic mass is 9.83. The molecule has 0 aromatic heterocycles. The summed E-state index contributed by atoms with van der Waals surface area (Å²) < 4.78 is 0.668. The molecular formula is C20H18BrNO3. The first-order valence-corrected chi connectivity index (χ1v) is 8.83. The Bertz CT molecular complexity index is 873. The SMILES string of the molecule is CC(C)(C=O)c1ccc2c(c1)CCN(c1cccc(Br)c1C=O)C2=O. The van der Waals surface area contributed by atoms with Gasteiger partial charge in [-0.05, 0) is 65.5 Å². The number of rotatable bonds is 4. The van der Waals surface area contributed by atoms with Crippen LogP contribution in [0.15, 0.2) is 40.9 Å². The zero-order valence-electron chi connectivity index (χ0n) is 14.1. The number of carbonyl (C=O) groups excluding carboxylic acids is 3. The van der Waals surface area contributed by atoms with Gasteiger partial charge in [-0.2, -0.15) is 0 Å². The molecule has 1 aliphatic rings. The Balaban J connectivity index is 2.02. The smallest absolute Gasteiger partial charge is 0.258 e. The highest BCUT2D eigenvalue weighted by Crippen LogP contribution is 2.32. The van der Waals surface area contributed by atoms with Crippen LogP contribution in [0, 0.1) is 0 Å². The topological polar surface area (TPSA) is 54.5 Å². The van der Waals surface area contributed by atoms with Gasteiger partial charge < -0.3 is 9.69 Å². The normalized spacial score (nSPS) is 14.2. The molecule has 0 radical (unpaired) electrons. The summed E-state index contributed by atoms with van der Waals surface area (Å²) in [6.07, 6.45) is 2.36. The largest absolute Gasteiger partial charge is 0.307 e. The van der Waals surface area contributed by atoms with Crippen molar-refractivity contribution in [2.24, 2.45) is 0 Å². The van der Waals surface area contributed by atoms with E-state index in [-0.39, 0.29) is 5.91 Å². The van der Waals surface area contributed by atoms with Crippen molar-refractivity contribution in [3.63, 3.8) is 0 Å². The van der Waals surface area contributed by atoms with Crippen LogP contribution in [0.25, 0.3) is 0 Å². The number of halogens is 1. The van der Waals surface area contributed by atoms with Gasteiger partial charge in [0.25, 0.3) is 5.91 Å². The third-order valence-electron chi connectivity index (χ3n) is 4.66. The minimum atomic E-state index is -0.579. The maximum absolute atomic E-state index is 13.0. The monoisotopic (exact) mass is 399 g/mol. The van der Waals surface area contributed by atoms with Crippen LogP contribution in [-0.2, 0) is 16.6 Å². The van der Waals surface area contributed by atoms with E-state index in [4.69, 9.17) is 0 Å². The van der Waals surface area contributed by atoms with Crippen molar-refractivity contribution in [1.29, 1.82) is 0 Å². The summed E-state index contributed by atoms with van der Waals surface area (Å²) in [5, 5.41) is 0. The predicted octanol–water partition coefficient (Wildman–Crippen LogP) is 3.94. The summed E-state index contributed by atoms with van der Waals surface area (Å²) >= 11 is 3.36. The van der Waals surface area contributed by atoms with Gasteiger partial charge >= 0.3 is 0 Å². The van der Waals surface area contributed by atoms with Gasteiger partial charge in [0.1, 0.15) is 6.29 Å². The maximum Gasteiger partial charge on any atom is 0.258 e. The number of nitrogens with zero attached hydrogens (tertiary/aromatic N) is 1. The van der Waals surface area contributed by atoms with Crippen LogP contribution in [0.4, 0.5) is 5.69 Å². The molecule has 0 aliphatic carbocycles. The van der Waals surface area contributed by atoms with Crippen LogP contribution in [-0.4, -0.2) is 25.0 Å². The Morgan fingerprint density at radius 1 is 1.16 bits per heavy atom. The zero-order chi connectivity index (χ0) is 18.2. The minimum Gasteiger partial charge on any atom is -0.307 e. The van der Waals surface area contributed by atoms with Gasteiger partial charge in [0.2, 0.25) is 0 Å². The van der Waals surface area contributed by atoms with Crippen molar-refractivity contribution in [2.45, 2.75) is 25.7 Å². The Morgan fingerprint density at radius 3 is 2.60 bits per heavy atom. The van der Waals surface area contributed by atoms with E-state index in [9.17, 15) is 14.4 Å². The Morgan fingerprint density at radius 2 is 1.92 bits per heavy atom. The molecule has 0 unspecified atom stereocenters. The molecular weight excluding hydrogens is 382 g/mol. The van der Waals surface area contributed by atoms with Crippen molar-refractivity contribution in [3.05, 3.63) is 63.1 Å². The molecule has 25 heavy (non-hydrogen) atoms. The molecule has 0 spiro atoms. The molecule has 0 N–H and O–H groups in total. The molecule has 0 saturated heterocycles. The Kier molecular flexibility index (Phi) is 4.60. The molecule has 1 amide bonds. The number of hydrogen-bond acceptors (Lipinski definition) is 3. The first-order valence-electron chi connectivity index (χ1n) is 8.04. The van der Waals surface area contributed by atoms with E-state index in [0.717, 1.165) is 23.7 Å². The lowest BCUT2D eigenvalue weighted by Gasteiger charge is -2.31. The molecule has 0 saturated carbocycles. The van der Waals surface area contributed by atoms with Crippen molar-refractivity contribution < 1.29 is 14.4 Å². The predicted molar refractivity (Wildman–Crippen MR) is 100 cm³/mol. The average molecular weight is 400 g/mol. The molecule has 5 heteroatoms. The molecule has 4 nitrogen and oxygen atoms in total. The van der Waals surface area contributed by atoms with Crippen molar-refractivity contribution in [1.82, 2.24) is 0 Å². The number of benzene rings is 2. The van der Waals surface area contributed by atoms with Gasteiger partial charge in [0.05, 0.1) is 11.3 Å². The molecule has 0 fully saturated rings. The van der Waals surface area contributed by atoms with Gasteiger partial charge in [-0.15, -0.1) is 0 Å². The number of amides is 1. The molecule has 3 rings (SSSR count). The fourth-order valence-corrected chi connectivity index (χ4v) is 3.51. The van der Waals surface area contributed by atoms with Crippen molar-refractivity contribution >= 4 is 40.1 Å². The van der Waals surface area contributed by atoms with Gasteiger partial charge in [-0.25, -0.2) is 0 Å². The highest BCUT2D eigenvalue weighted by Gasteiger charge is 2.29. The fourth-order valence-electron chi connectivity index (χ4n) is 3.06. The number of aldehydes is 2. The summed E-state index contributed by atoms with van der Waals surface area (Å²) in [5.41, 5.74) is 2.96. The van der Waals surface area contributed by atoms with E-state index in [1.807, 2.05) is 32.0 Å². The first kappa shape index (κ1) is 17.5. The second-order valence-electron chi connectivity index (χ2n) is 6.71. The summed E-state index contributed by atoms with van der Waals surface area (Å²) in [5.74, 6) is -0.127. The van der Waals surface area contributed by atoms with Crippen LogP contribution in [0.3, 0.4) is 0 Å². The third kappa shape index (κ3) is 3.04. The lowest BCUT2D eigenvalue weighted by Crippen LogP contribution is -2.38. The van der Waals surface area contributed by atoms with Crippen molar-refractivity contribution in [2.75, 3.05) is 11.4 Å². The van der Waals surface area contributed by atoms with Gasteiger partial charge in [-0.3, -0.25) is 9.59 Å². The molecule has 128 valence electrons. The van der Waals surface area contributed by atoms with Crippen LogP contribution in [0.5, 0.6) is 0 Å². The number of anilines is 1. The molecule has 2 aromatic carbocycles. The van der Waals surface area contributed by atoms with Gasteiger partial charge in [0.15, 0.2) is 6.29 Å². The van der Waals surface area contributed by atoms with Crippen molar-refractivity contribution in [3.8, 4) is 0 Å². The fraction of sp³-hybridized carbons (Fsp3) is 0.250. The minimum absolute atomic E-state index is 0.127. The summed E-state index contributed by atoms with van der Waals surface area (Å²) in [7, 11) is 0. The van der Waals surface area contributed by atoms with E-state index in [0.29, 0.717) is 34.3 Å². The van der Waals surface area contributed by atoms with E-state index in [1.54, 1.807) is 23.1 Å². The third-order valence-corrected chi connectivity index (χ3v) is 5.35. The maximum atomic E-state index is 13.0. The van der Waals surface area contributed by atoms with Gasteiger partial charge in [-0.1, -0.05) is 18.2 Å². The molecule has 1 aliphatic heterocycles. The van der Waals surface area contributed by atoms with E-state index in [2.05, 4.69) is 15.9 Å². The highest BCUT2D eigenvalue weighted by atomic mass is 79.9. The van der Waals surface area contributed by atoms with E-state index in [1.165, 1.54) is 0 Å². The average Bonchev–Trinajstić information content (AvgIpc) is 2.61. The first-order chi connectivity index (χ1) is 11.9. The summed E-state index contributed by atoms with van der Waals surface area (Å²) in [6.45, 7) is 4.21. The zero-order valence-corrected chi connectivity index (χ0v) is 15.7. The number of hydrogen-bond donors (Lipinski definition) is 0. The standard InChI is InChI=1S/C20H18BrNO3/c1-20(2,12-24)14-6-7-15-13(10-14)8-9-22(19(15)25)18-5-3-4-17(21)16(18)11-23/h3-7,10-12H,8-9H2,1-2H3. The van der Waals surface area contributed by atoms with Crippen LogP contribution in [0.2, 0.25) is 0 Å².